The average molecular weight is 552 g/mol. The number of alkyl halides is 3. The third-order valence-corrected chi connectivity index (χ3v) is 6.74. The number of aromatic nitrogens is 1. The molecule has 2 unspecified atom stereocenters. The Balaban J connectivity index is 1.65. The Kier molecular flexibility index (Phi) is 9.20. The molecule has 1 aliphatic rings. The summed E-state index contributed by atoms with van der Waals surface area (Å²) >= 11 is 1.50. The topological polar surface area (TPSA) is 104 Å². The molecule has 1 aromatic carbocycles. The number of nitrogens with zero attached hydrogens (tertiary/aromatic N) is 3. The number of halogens is 3. The van der Waals surface area contributed by atoms with Crippen molar-refractivity contribution in [2.45, 2.75) is 56.0 Å². The summed E-state index contributed by atoms with van der Waals surface area (Å²) in [7, 11) is 0. The molecule has 4 N–H and O–H groups in total. The van der Waals surface area contributed by atoms with E-state index in [-0.39, 0.29) is 11.6 Å². The summed E-state index contributed by atoms with van der Waals surface area (Å²) in [6, 6.07) is 8.94. The molecule has 1 saturated heterocycles. The third kappa shape index (κ3) is 7.32. The van der Waals surface area contributed by atoms with E-state index in [2.05, 4.69) is 26.4 Å². The van der Waals surface area contributed by atoms with E-state index in [1.165, 1.54) is 24.1 Å². The van der Waals surface area contributed by atoms with E-state index in [1.54, 1.807) is 52.1 Å². The van der Waals surface area contributed by atoms with E-state index in [4.69, 9.17) is 10.5 Å². The molecule has 0 radical (unpaired) electrons. The summed E-state index contributed by atoms with van der Waals surface area (Å²) < 4.78 is 47.5. The number of amides is 1. The predicted molar refractivity (Wildman–Crippen MR) is 142 cm³/mol. The molecule has 2 aromatic rings. The highest BCUT2D eigenvalue weighted by Gasteiger charge is 2.54. The number of pyridine rings is 1. The van der Waals surface area contributed by atoms with Crippen LogP contribution < -0.4 is 16.0 Å². The van der Waals surface area contributed by atoms with Gasteiger partial charge in [0.15, 0.2) is 5.60 Å². The van der Waals surface area contributed by atoms with E-state index in [1.807, 2.05) is 11.0 Å². The van der Waals surface area contributed by atoms with Gasteiger partial charge in [-0.05, 0) is 69.5 Å². The minimum absolute atomic E-state index is 0.204. The van der Waals surface area contributed by atoms with Gasteiger partial charge in [0.1, 0.15) is 17.5 Å². The van der Waals surface area contributed by atoms with Crippen LogP contribution in [0.25, 0.3) is 0 Å². The van der Waals surface area contributed by atoms with Crippen molar-refractivity contribution in [3.05, 3.63) is 48.2 Å². The summed E-state index contributed by atoms with van der Waals surface area (Å²) in [4.78, 5) is 19.1. The quantitative estimate of drug-likeness (QED) is 0.360. The van der Waals surface area contributed by atoms with Crippen LogP contribution in [0, 0.1) is 11.8 Å². The first kappa shape index (κ1) is 29.6. The van der Waals surface area contributed by atoms with Gasteiger partial charge in [0.2, 0.25) is 0 Å². The first-order valence-electron chi connectivity index (χ1n) is 11.9. The molecule has 8 nitrogen and oxygen atoms in total. The molecular formula is C26H32F3N5O3S. The molecule has 1 aromatic heterocycles. The fourth-order valence-corrected chi connectivity index (χ4v) is 4.75. The van der Waals surface area contributed by atoms with Crippen LogP contribution in [0.5, 0.6) is 0 Å². The Bertz CT molecular complexity index is 1160. The molecule has 2 atom stereocenters. The van der Waals surface area contributed by atoms with Crippen molar-refractivity contribution in [3.8, 4) is 11.8 Å². The monoisotopic (exact) mass is 551 g/mol. The molecule has 0 saturated carbocycles. The summed E-state index contributed by atoms with van der Waals surface area (Å²) in [6.07, 6.45) is -3.81. The van der Waals surface area contributed by atoms with Crippen LogP contribution in [0.4, 0.5) is 29.5 Å². The van der Waals surface area contributed by atoms with Crippen molar-refractivity contribution in [2.24, 2.45) is 5.73 Å². The number of carbonyl (C=O) groups is 1. The molecule has 3 rings (SSSR count). The lowest BCUT2D eigenvalue weighted by Crippen LogP contribution is -2.50. The van der Waals surface area contributed by atoms with Crippen LogP contribution in [0.1, 0.15) is 33.3 Å². The van der Waals surface area contributed by atoms with E-state index < -0.39 is 30.0 Å². The molecule has 38 heavy (non-hydrogen) atoms. The highest BCUT2D eigenvalue weighted by Crippen LogP contribution is 2.39. The van der Waals surface area contributed by atoms with Gasteiger partial charge in [0, 0.05) is 43.0 Å². The minimum Gasteiger partial charge on any atom is -0.444 e. The molecule has 206 valence electrons. The number of benzene rings is 1. The van der Waals surface area contributed by atoms with Crippen LogP contribution in [-0.4, -0.2) is 64.5 Å². The number of hydrogen-bond donors (Lipinski definition) is 3. The highest BCUT2D eigenvalue weighted by atomic mass is 32.2. The normalized spacial score (nSPS) is 18.2. The summed E-state index contributed by atoms with van der Waals surface area (Å²) in [5.41, 5.74) is 1.94. The lowest BCUT2D eigenvalue weighted by Gasteiger charge is -2.40. The molecule has 12 heteroatoms. The van der Waals surface area contributed by atoms with Gasteiger partial charge in [-0.25, -0.2) is 14.1 Å². The van der Waals surface area contributed by atoms with Crippen LogP contribution in [-0.2, 0) is 10.3 Å². The third-order valence-electron chi connectivity index (χ3n) is 5.69. The van der Waals surface area contributed by atoms with Crippen LogP contribution in [0.3, 0.4) is 0 Å². The van der Waals surface area contributed by atoms with Crippen molar-refractivity contribution < 1.29 is 27.8 Å². The number of rotatable bonds is 6. The number of ether oxygens (including phenoxy) is 1. The first-order valence-corrected chi connectivity index (χ1v) is 12.7. The van der Waals surface area contributed by atoms with E-state index in [9.17, 15) is 23.1 Å². The smallest absolute Gasteiger partial charge is 0.422 e. The maximum atomic E-state index is 13.4. The molecule has 1 fully saturated rings. The number of anilines is 2. The van der Waals surface area contributed by atoms with Crippen molar-refractivity contribution >= 4 is 29.5 Å². The van der Waals surface area contributed by atoms with Gasteiger partial charge < -0.3 is 20.5 Å². The maximum Gasteiger partial charge on any atom is 0.422 e. The Morgan fingerprint density at radius 1 is 1.21 bits per heavy atom. The number of nitrogens with one attached hydrogen (secondary N) is 1. The fraction of sp³-hybridized carbons (Fsp3) is 0.462. The molecule has 2 heterocycles. The number of nitrogens with two attached hydrogens (primary N) is 1. The number of carbonyl (C=O) groups excluding carboxylic acids is 1. The minimum atomic E-state index is -4.89. The van der Waals surface area contributed by atoms with Crippen LogP contribution >= 0.6 is 11.9 Å². The molecular weight excluding hydrogens is 519 g/mol. The Hall–Kier alpha value is -2.98. The number of piperazine rings is 1. The molecule has 1 amide bonds. The zero-order valence-corrected chi connectivity index (χ0v) is 22.5. The van der Waals surface area contributed by atoms with Crippen molar-refractivity contribution in [3.63, 3.8) is 0 Å². The summed E-state index contributed by atoms with van der Waals surface area (Å²) in [5, 5.41) is 12.7. The van der Waals surface area contributed by atoms with Crippen molar-refractivity contribution in [1.82, 2.24) is 9.29 Å². The SMILES string of the molecule is CC#CC1CN(Sc2ccc(NC(=O)OC(C)(C)C)nc2)CCN1c1ccc(C(O)(CN)C(F)(F)F)cc1. The second-order valence-corrected chi connectivity index (χ2v) is 10.9. The second-order valence-electron chi connectivity index (χ2n) is 9.70. The van der Waals surface area contributed by atoms with Gasteiger partial charge >= 0.3 is 12.3 Å². The number of hydrogen-bond acceptors (Lipinski definition) is 8. The van der Waals surface area contributed by atoms with Crippen LogP contribution in [0.15, 0.2) is 47.5 Å². The van der Waals surface area contributed by atoms with Gasteiger partial charge in [-0.1, -0.05) is 18.1 Å². The predicted octanol–water partition coefficient (Wildman–Crippen LogP) is 4.36. The fourth-order valence-electron chi connectivity index (χ4n) is 3.83. The largest absolute Gasteiger partial charge is 0.444 e. The maximum absolute atomic E-state index is 13.4. The van der Waals surface area contributed by atoms with E-state index >= 15 is 0 Å². The molecule has 0 spiro atoms. The standard InChI is InChI=1S/C26H32F3N5O3S/c1-5-6-20-16-33(38-21-11-12-22(31-15-21)32-23(35)37-24(2,3)4)13-14-34(20)19-9-7-18(8-10-19)25(36,17-30)26(27,28)29/h7-12,15,20,36H,13-14,16-17,30H2,1-4H3,(H,31,32,35). The Morgan fingerprint density at radius 2 is 1.89 bits per heavy atom. The Labute approximate surface area is 224 Å². The van der Waals surface area contributed by atoms with E-state index in [0.29, 0.717) is 31.1 Å². The van der Waals surface area contributed by atoms with Crippen molar-refractivity contribution in [2.75, 3.05) is 36.4 Å². The van der Waals surface area contributed by atoms with Crippen LogP contribution in [0.2, 0.25) is 0 Å². The molecule has 0 aliphatic carbocycles. The van der Waals surface area contributed by atoms with Gasteiger partial charge in [0.25, 0.3) is 0 Å². The van der Waals surface area contributed by atoms with Gasteiger partial charge in [-0.3, -0.25) is 5.32 Å². The zero-order chi connectivity index (χ0) is 28.1. The van der Waals surface area contributed by atoms with Gasteiger partial charge in [-0.15, -0.1) is 5.92 Å². The number of aliphatic hydroxyl groups is 1. The highest BCUT2D eigenvalue weighted by molar-refractivity contribution is 7.97. The first-order chi connectivity index (χ1) is 17.8. The summed E-state index contributed by atoms with van der Waals surface area (Å²) in [5.74, 6) is 6.48. The van der Waals surface area contributed by atoms with Crippen molar-refractivity contribution in [1.29, 1.82) is 0 Å². The van der Waals surface area contributed by atoms with Gasteiger partial charge in [-0.2, -0.15) is 13.2 Å². The lowest BCUT2D eigenvalue weighted by molar-refractivity contribution is -0.262. The van der Waals surface area contributed by atoms with Gasteiger partial charge in [0.05, 0.1) is 0 Å². The average Bonchev–Trinajstić information content (AvgIpc) is 2.83. The lowest BCUT2D eigenvalue weighted by atomic mass is 9.93. The van der Waals surface area contributed by atoms with E-state index in [0.717, 1.165) is 4.90 Å². The second kappa shape index (κ2) is 11.8. The summed E-state index contributed by atoms with van der Waals surface area (Å²) in [6.45, 7) is 7.90. The molecule has 1 aliphatic heterocycles. The molecule has 0 bridgehead atoms. The Morgan fingerprint density at radius 3 is 2.42 bits per heavy atom. The zero-order valence-electron chi connectivity index (χ0n) is 21.7.